The van der Waals surface area contributed by atoms with Crippen molar-refractivity contribution in [3.63, 3.8) is 0 Å². The molecule has 1 N–H and O–H groups in total. The minimum Gasteiger partial charge on any atom is -0.504 e. The molecule has 0 bridgehead atoms. The lowest BCUT2D eigenvalue weighted by atomic mass is 10.1. The van der Waals surface area contributed by atoms with Crippen molar-refractivity contribution in [3.05, 3.63) is 53.3 Å². The molecular weight excluding hydrogens is 320 g/mol. The van der Waals surface area contributed by atoms with Crippen molar-refractivity contribution in [2.75, 3.05) is 7.11 Å². The third-order valence-electron chi connectivity index (χ3n) is 3.90. The summed E-state index contributed by atoms with van der Waals surface area (Å²) in [4.78, 5) is 16.0. The quantitative estimate of drug-likeness (QED) is 0.579. The van der Waals surface area contributed by atoms with Gasteiger partial charge in [0, 0.05) is 6.20 Å². The van der Waals surface area contributed by atoms with Crippen molar-refractivity contribution in [2.24, 2.45) is 10.2 Å². The fraction of sp³-hybridized carbons (Fsp3) is 0.222. The van der Waals surface area contributed by atoms with E-state index in [1.807, 2.05) is 32.0 Å². The van der Waals surface area contributed by atoms with Gasteiger partial charge in [-0.05, 0) is 37.1 Å². The van der Waals surface area contributed by atoms with Gasteiger partial charge < -0.3 is 9.84 Å². The number of hydrogen-bond acceptors (Lipinski definition) is 6. The summed E-state index contributed by atoms with van der Waals surface area (Å²) in [5, 5.41) is 18.7. The first-order valence-electron chi connectivity index (χ1n) is 7.75. The molecule has 2 heterocycles. The Labute approximate surface area is 144 Å². The van der Waals surface area contributed by atoms with Gasteiger partial charge in [0.1, 0.15) is 0 Å². The number of esters is 1. The molecule has 0 aliphatic heterocycles. The number of hydrogen-bond donors (Lipinski definition) is 1. The maximum atomic E-state index is 11.7. The highest BCUT2D eigenvalue weighted by molar-refractivity contribution is 5.75. The first-order valence-corrected chi connectivity index (χ1v) is 7.75. The van der Waals surface area contributed by atoms with Crippen LogP contribution in [0.1, 0.15) is 16.8 Å². The number of rotatable bonds is 4. The monoisotopic (exact) mass is 338 g/mol. The molecule has 0 aliphatic rings. The first kappa shape index (κ1) is 16.6. The van der Waals surface area contributed by atoms with Crippen molar-refractivity contribution in [2.45, 2.75) is 20.3 Å². The second-order valence-electron chi connectivity index (χ2n) is 5.66. The van der Waals surface area contributed by atoms with E-state index < -0.39 is 5.97 Å². The second kappa shape index (κ2) is 6.72. The number of benzene rings is 1. The number of azo groups is 1. The number of aromatic nitrogens is 2. The molecule has 0 radical (unpaired) electrons. The van der Waals surface area contributed by atoms with Crippen molar-refractivity contribution in [1.82, 2.24) is 9.38 Å². The van der Waals surface area contributed by atoms with Gasteiger partial charge in [-0.3, -0.25) is 9.20 Å². The maximum Gasteiger partial charge on any atom is 0.311 e. The molecule has 7 heteroatoms. The normalized spacial score (nSPS) is 11.3. The number of fused-ring (bicyclic) bond motifs is 1. The van der Waals surface area contributed by atoms with E-state index >= 15 is 0 Å². The van der Waals surface area contributed by atoms with E-state index in [1.165, 1.54) is 13.2 Å². The third kappa shape index (κ3) is 3.21. The number of aromatic hydroxyl groups is 1. The van der Waals surface area contributed by atoms with Crippen LogP contribution in [-0.4, -0.2) is 27.6 Å². The van der Waals surface area contributed by atoms with Crippen LogP contribution in [0.2, 0.25) is 0 Å². The van der Waals surface area contributed by atoms with Gasteiger partial charge in [0.15, 0.2) is 17.2 Å². The number of ether oxygens (including phenoxy) is 1. The molecule has 0 spiro atoms. The first-order chi connectivity index (χ1) is 12.0. The van der Waals surface area contributed by atoms with E-state index in [9.17, 15) is 9.90 Å². The lowest BCUT2D eigenvalue weighted by molar-refractivity contribution is -0.139. The summed E-state index contributed by atoms with van der Waals surface area (Å²) in [5.74, 6) is -0.0486. The number of methoxy groups -OCH3 is 1. The lowest BCUT2D eigenvalue weighted by Crippen LogP contribution is -2.04. The molecule has 128 valence electrons. The number of carbonyl (C=O) groups is 1. The van der Waals surface area contributed by atoms with Crippen LogP contribution in [0.15, 0.2) is 46.8 Å². The van der Waals surface area contributed by atoms with E-state index in [1.54, 1.807) is 16.7 Å². The average molecular weight is 338 g/mol. The average Bonchev–Trinajstić information content (AvgIpc) is 2.93. The van der Waals surface area contributed by atoms with Gasteiger partial charge in [-0.15, -0.1) is 10.2 Å². The highest BCUT2D eigenvalue weighted by Gasteiger charge is 2.17. The molecule has 0 unspecified atom stereocenters. The summed E-state index contributed by atoms with van der Waals surface area (Å²) in [5.41, 5.74) is 3.46. The van der Waals surface area contributed by atoms with E-state index in [0.29, 0.717) is 17.2 Å². The largest absolute Gasteiger partial charge is 0.504 e. The summed E-state index contributed by atoms with van der Waals surface area (Å²) >= 11 is 0. The lowest BCUT2D eigenvalue weighted by Gasteiger charge is -2.03. The number of carbonyl (C=O) groups excluding carboxylic acids is 1. The van der Waals surface area contributed by atoms with E-state index in [2.05, 4.69) is 15.2 Å². The number of imidazole rings is 1. The molecule has 25 heavy (non-hydrogen) atoms. The summed E-state index contributed by atoms with van der Waals surface area (Å²) < 4.78 is 6.32. The van der Waals surface area contributed by atoms with E-state index in [-0.39, 0.29) is 12.2 Å². The molecular formula is C18H18N4O3. The van der Waals surface area contributed by atoms with Crippen molar-refractivity contribution < 1.29 is 14.6 Å². The molecule has 0 saturated heterocycles. The van der Waals surface area contributed by atoms with Gasteiger partial charge in [0.2, 0.25) is 0 Å². The summed E-state index contributed by atoms with van der Waals surface area (Å²) in [6.07, 6.45) is 1.65. The Kier molecular flexibility index (Phi) is 4.47. The van der Waals surface area contributed by atoms with E-state index in [0.717, 1.165) is 16.8 Å². The van der Waals surface area contributed by atoms with Crippen LogP contribution in [-0.2, 0) is 16.0 Å². The zero-order valence-corrected chi connectivity index (χ0v) is 14.2. The second-order valence-corrected chi connectivity index (χ2v) is 5.66. The van der Waals surface area contributed by atoms with Gasteiger partial charge in [0.25, 0.3) is 0 Å². The minimum absolute atomic E-state index is 0.00198. The summed E-state index contributed by atoms with van der Waals surface area (Å²) in [6, 6.07) is 9.06. The molecule has 0 atom stereocenters. The molecule has 2 aromatic heterocycles. The standard InChI is InChI=1S/C18H18N4O3/c1-11-6-4-7-12(2)16(11)20-21-17-13(10-15(24)25-3)19-18-14(23)8-5-9-22(17)18/h4-9,23H,10H2,1-3H3. The Morgan fingerprint density at radius 2 is 1.92 bits per heavy atom. The van der Waals surface area contributed by atoms with Gasteiger partial charge in [-0.25, -0.2) is 4.98 Å². The van der Waals surface area contributed by atoms with Crippen molar-refractivity contribution in [1.29, 1.82) is 0 Å². The maximum absolute atomic E-state index is 11.7. The molecule has 1 aromatic carbocycles. The number of pyridine rings is 1. The van der Waals surface area contributed by atoms with Gasteiger partial charge in [-0.2, -0.15) is 0 Å². The Hall–Kier alpha value is -3.22. The van der Waals surface area contributed by atoms with Crippen LogP contribution >= 0.6 is 0 Å². The fourth-order valence-corrected chi connectivity index (χ4v) is 2.58. The topological polar surface area (TPSA) is 88.5 Å². The Bertz CT molecular complexity index is 956. The highest BCUT2D eigenvalue weighted by Crippen LogP contribution is 2.30. The Balaban J connectivity index is 2.13. The Morgan fingerprint density at radius 3 is 2.60 bits per heavy atom. The van der Waals surface area contributed by atoms with Crippen LogP contribution in [0, 0.1) is 13.8 Å². The Morgan fingerprint density at radius 1 is 1.20 bits per heavy atom. The number of nitrogens with zero attached hydrogens (tertiary/aromatic N) is 4. The van der Waals surface area contributed by atoms with Crippen LogP contribution in [0.5, 0.6) is 5.75 Å². The van der Waals surface area contributed by atoms with Crippen molar-refractivity contribution in [3.8, 4) is 5.75 Å². The number of aryl methyl sites for hydroxylation is 2. The third-order valence-corrected chi connectivity index (χ3v) is 3.90. The summed E-state index contributed by atoms with van der Waals surface area (Å²) in [6.45, 7) is 3.91. The van der Waals surface area contributed by atoms with Crippen LogP contribution in [0.4, 0.5) is 11.5 Å². The molecule has 7 nitrogen and oxygen atoms in total. The molecule has 0 aliphatic carbocycles. The predicted octanol–water partition coefficient (Wildman–Crippen LogP) is 3.79. The van der Waals surface area contributed by atoms with Gasteiger partial charge >= 0.3 is 5.97 Å². The fourth-order valence-electron chi connectivity index (χ4n) is 2.58. The van der Waals surface area contributed by atoms with Crippen LogP contribution in [0.3, 0.4) is 0 Å². The predicted molar refractivity (Wildman–Crippen MR) is 92.7 cm³/mol. The van der Waals surface area contributed by atoms with E-state index in [4.69, 9.17) is 4.74 Å². The smallest absolute Gasteiger partial charge is 0.311 e. The molecule has 0 amide bonds. The zero-order chi connectivity index (χ0) is 18.0. The summed E-state index contributed by atoms with van der Waals surface area (Å²) in [7, 11) is 1.31. The van der Waals surface area contributed by atoms with Gasteiger partial charge in [0.05, 0.1) is 24.9 Å². The minimum atomic E-state index is -0.439. The highest BCUT2D eigenvalue weighted by atomic mass is 16.5. The van der Waals surface area contributed by atoms with Crippen molar-refractivity contribution >= 4 is 23.1 Å². The molecule has 3 rings (SSSR count). The van der Waals surface area contributed by atoms with Crippen LogP contribution < -0.4 is 0 Å². The molecule has 0 saturated carbocycles. The van der Waals surface area contributed by atoms with Crippen LogP contribution in [0.25, 0.3) is 5.65 Å². The molecule has 0 fully saturated rings. The van der Waals surface area contributed by atoms with Gasteiger partial charge in [-0.1, -0.05) is 18.2 Å². The SMILES string of the molecule is COC(=O)Cc1nc2c(O)cccn2c1N=Nc1c(C)cccc1C. The molecule has 3 aromatic rings. The zero-order valence-electron chi connectivity index (χ0n) is 14.2.